The van der Waals surface area contributed by atoms with E-state index in [0.29, 0.717) is 0 Å². The van der Waals surface area contributed by atoms with E-state index in [1.807, 2.05) is 0 Å². The molecular weight excluding hydrogens is 181 g/mol. The second-order valence-corrected chi connectivity index (χ2v) is 1.27. The second kappa shape index (κ2) is 6.50. The van der Waals surface area contributed by atoms with E-state index in [1.54, 1.807) is 0 Å². The summed E-state index contributed by atoms with van der Waals surface area (Å²) in [6.07, 6.45) is -1.97. The Morgan fingerprint density at radius 2 is 1.73 bits per heavy atom. The summed E-state index contributed by atoms with van der Waals surface area (Å²) in [4.78, 5) is 17.1. The van der Waals surface area contributed by atoms with Gasteiger partial charge in [0.2, 0.25) is 0 Å². The molecule has 7 nitrogen and oxygen atoms in total. The summed E-state index contributed by atoms with van der Waals surface area (Å²) in [5, 5.41) is 27.3. The SMILES string of the molecule is N#CC[C-]([N+](=O)[O-])[N+](=O)[O-].[K+]. The maximum atomic E-state index is 9.71. The Morgan fingerprint density at radius 3 is 1.82 bits per heavy atom. The summed E-state index contributed by atoms with van der Waals surface area (Å²) >= 11 is 0. The van der Waals surface area contributed by atoms with Crippen molar-refractivity contribution in [3.8, 4) is 6.07 Å². The Morgan fingerprint density at radius 1 is 1.36 bits per heavy atom. The molecule has 0 radical (unpaired) electrons. The van der Waals surface area contributed by atoms with Crippen LogP contribution in [0.25, 0.3) is 0 Å². The van der Waals surface area contributed by atoms with Gasteiger partial charge in [0.05, 0.1) is 6.42 Å². The fourth-order valence-electron chi connectivity index (χ4n) is 0.266. The van der Waals surface area contributed by atoms with Gasteiger partial charge in [-0.05, 0) is 9.85 Å². The minimum absolute atomic E-state index is 0. The van der Waals surface area contributed by atoms with Crippen LogP contribution < -0.4 is 51.4 Å². The maximum absolute atomic E-state index is 9.71. The first-order valence-electron chi connectivity index (χ1n) is 2.11. The molecule has 0 aliphatic heterocycles. The van der Waals surface area contributed by atoms with Gasteiger partial charge in [0.15, 0.2) is 0 Å². The minimum atomic E-state index is -1.19. The molecule has 0 aromatic rings. The molecule has 0 N–H and O–H groups in total. The molecule has 0 spiro atoms. The largest absolute Gasteiger partial charge is 1.00 e. The van der Waals surface area contributed by atoms with Crippen molar-refractivity contribution in [2.45, 2.75) is 6.42 Å². The van der Waals surface area contributed by atoms with Crippen LogP contribution in [-0.4, -0.2) is 9.85 Å². The molecule has 0 fully saturated rings. The van der Waals surface area contributed by atoms with Gasteiger partial charge < -0.3 is 0 Å². The van der Waals surface area contributed by atoms with E-state index in [2.05, 4.69) is 0 Å². The fraction of sp³-hybridized carbons (Fsp3) is 0.333. The van der Waals surface area contributed by atoms with E-state index in [9.17, 15) is 20.2 Å². The monoisotopic (exact) mass is 183 g/mol. The molecule has 8 heteroatoms. The second-order valence-electron chi connectivity index (χ2n) is 1.27. The molecule has 0 saturated heterocycles. The molecular formula is C3H2KN3O4. The zero-order chi connectivity index (χ0) is 8.15. The maximum Gasteiger partial charge on any atom is 1.00 e. The third-order valence-electron chi connectivity index (χ3n) is 0.659. The van der Waals surface area contributed by atoms with Gasteiger partial charge in [0, 0.05) is 6.07 Å². The van der Waals surface area contributed by atoms with Crippen LogP contribution in [0, 0.1) is 37.7 Å². The summed E-state index contributed by atoms with van der Waals surface area (Å²) in [5.41, 5.74) is 0. The van der Waals surface area contributed by atoms with E-state index in [-0.39, 0.29) is 51.4 Å². The smallest absolute Gasteiger partial charge is 0.289 e. The van der Waals surface area contributed by atoms with Crippen molar-refractivity contribution in [1.29, 1.82) is 5.26 Å². The molecule has 54 valence electrons. The summed E-state index contributed by atoms with van der Waals surface area (Å²) in [6.45, 7) is 0. The molecule has 0 bridgehead atoms. The number of nitrogens with zero attached hydrogens (tertiary/aromatic N) is 3. The van der Waals surface area contributed by atoms with Crippen molar-refractivity contribution in [3.05, 3.63) is 26.4 Å². The molecule has 11 heavy (non-hydrogen) atoms. The van der Waals surface area contributed by atoms with Gasteiger partial charge in [-0.15, -0.1) is 0 Å². The summed E-state index contributed by atoms with van der Waals surface area (Å²) in [6, 6.07) is 1.31. The topological polar surface area (TPSA) is 110 Å². The summed E-state index contributed by atoms with van der Waals surface area (Å²) in [5.74, 6) is 0. The van der Waals surface area contributed by atoms with E-state index in [4.69, 9.17) is 5.26 Å². The van der Waals surface area contributed by atoms with Gasteiger partial charge in [-0.3, -0.25) is 20.2 Å². The van der Waals surface area contributed by atoms with Crippen molar-refractivity contribution < 1.29 is 61.2 Å². The van der Waals surface area contributed by atoms with Crippen LogP contribution in [0.1, 0.15) is 6.42 Å². The predicted molar refractivity (Wildman–Crippen MR) is 27.5 cm³/mol. The molecule has 0 saturated carbocycles. The third-order valence-corrected chi connectivity index (χ3v) is 0.659. The van der Waals surface area contributed by atoms with Crippen LogP contribution in [0.3, 0.4) is 0 Å². The number of hydrogen-bond donors (Lipinski definition) is 0. The van der Waals surface area contributed by atoms with Crippen molar-refractivity contribution in [2.75, 3.05) is 0 Å². The quantitative estimate of drug-likeness (QED) is 0.200. The van der Waals surface area contributed by atoms with Crippen molar-refractivity contribution in [3.63, 3.8) is 0 Å². The number of rotatable bonds is 3. The molecule has 0 aliphatic rings. The van der Waals surface area contributed by atoms with Crippen LogP contribution in [0.4, 0.5) is 0 Å². The molecule has 0 aromatic carbocycles. The Kier molecular flexibility index (Phi) is 7.92. The van der Waals surface area contributed by atoms with Gasteiger partial charge in [-0.1, -0.05) is 0 Å². The number of nitriles is 1. The molecule has 0 heterocycles. The van der Waals surface area contributed by atoms with Crippen LogP contribution in [0.5, 0.6) is 0 Å². The van der Waals surface area contributed by atoms with Crippen molar-refractivity contribution in [1.82, 2.24) is 0 Å². The van der Waals surface area contributed by atoms with Gasteiger partial charge in [0.25, 0.3) is 6.17 Å². The van der Waals surface area contributed by atoms with Crippen molar-refractivity contribution in [2.24, 2.45) is 0 Å². The average Bonchev–Trinajstić information content (AvgIpc) is 1.81. The Bertz CT molecular complexity index is 185. The molecule has 0 rings (SSSR count). The minimum Gasteiger partial charge on any atom is -0.289 e. The molecule has 0 aromatic heterocycles. The normalized spacial score (nSPS) is 7.18. The van der Waals surface area contributed by atoms with E-state index in [0.717, 1.165) is 0 Å². The third kappa shape index (κ3) is 5.11. The summed E-state index contributed by atoms with van der Waals surface area (Å²) in [7, 11) is 0. The first-order valence-corrected chi connectivity index (χ1v) is 2.11. The van der Waals surface area contributed by atoms with Crippen LogP contribution in [-0.2, 0) is 0 Å². The number of nitro groups is 2. The zero-order valence-electron chi connectivity index (χ0n) is 5.68. The van der Waals surface area contributed by atoms with Gasteiger partial charge in [0.1, 0.15) is 0 Å². The number of hydrogen-bond acceptors (Lipinski definition) is 5. The molecule has 0 amide bonds. The van der Waals surface area contributed by atoms with Crippen LogP contribution in [0.15, 0.2) is 0 Å². The first-order chi connectivity index (χ1) is 4.59. The van der Waals surface area contributed by atoms with E-state index < -0.39 is 22.4 Å². The van der Waals surface area contributed by atoms with Crippen LogP contribution >= 0.6 is 0 Å². The predicted octanol–water partition coefficient (Wildman–Crippen LogP) is -3.05. The molecule has 0 atom stereocenters. The van der Waals surface area contributed by atoms with Gasteiger partial charge in [-0.25, -0.2) is 5.26 Å². The summed E-state index contributed by atoms with van der Waals surface area (Å²) < 4.78 is 0. The fourth-order valence-corrected chi connectivity index (χ4v) is 0.266. The Labute approximate surface area is 104 Å². The molecule has 0 aliphatic carbocycles. The van der Waals surface area contributed by atoms with Crippen molar-refractivity contribution >= 4 is 0 Å². The van der Waals surface area contributed by atoms with Gasteiger partial charge >= 0.3 is 51.4 Å². The van der Waals surface area contributed by atoms with Gasteiger partial charge in [-0.2, -0.15) is 0 Å². The van der Waals surface area contributed by atoms with E-state index in [1.165, 1.54) is 6.07 Å². The molecule has 0 unspecified atom stereocenters. The Balaban J connectivity index is 0. The zero-order valence-corrected chi connectivity index (χ0v) is 8.80. The average molecular weight is 183 g/mol. The first kappa shape index (κ1) is 13.4. The van der Waals surface area contributed by atoms with E-state index >= 15 is 0 Å². The standard InChI is InChI=1S/C3H2N3O4.K/c4-2-1-3(5(7)8)6(9)10;/h1H2;/q-1;+1. The Hall–Kier alpha value is -0.204. The van der Waals surface area contributed by atoms with Crippen LogP contribution in [0.2, 0.25) is 0 Å².